The van der Waals surface area contributed by atoms with Crippen LogP contribution in [0.3, 0.4) is 0 Å². The van der Waals surface area contributed by atoms with Gasteiger partial charge in [-0.1, -0.05) is 17.7 Å². The minimum atomic E-state index is -1.12. The minimum absolute atomic E-state index is 0. The topological polar surface area (TPSA) is 124 Å². The van der Waals surface area contributed by atoms with E-state index in [0.717, 1.165) is 0 Å². The lowest BCUT2D eigenvalue weighted by molar-refractivity contribution is -0.137. The Labute approximate surface area is 161 Å². The number of rotatable bonds is 6. The average molecular weight is 395 g/mol. The normalized spacial score (nSPS) is 11.1. The van der Waals surface area contributed by atoms with Crippen molar-refractivity contribution < 1.29 is 19.8 Å². The number of halogens is 2. The van der Waals surface area contributed by atoms with Gasteiger partial charge in [-0.05, 0) is 42.4 Å². The number of benzene rings is 2. The summed E-state index contributed by atoms with van der Waals surface area (Å²) < 4.78 is 0. The van der Waals surface area contributed by atoms with Crippen LogP contribution in [0.15, 0.2) is 36.4 Å². The van der Waals surface area contributed by atoms with Crippen molar-refractivity contribution in [3.8, 4) is 17.2 Å². The van der Waals surface area contributed by atoms with Gasteiger partial charge in [-0.3, -0.25) is 4.79 Å². The Hall–Kier alpha value is -2.59. The van der Waals surface area contributed by atoms with Gasteiger partial charge in [-0.25, -0.2) is 4.79 Å². The van der Waals surface area contributed by atoms with E-state index >= 15 is 0 Å². The van der Waals surface area contributed by atoms with Gasteiger partial charge < -0.3 is 15.9 Å². The molecule has 0 radical (unpaired) electrons. The number of hydrogen-bond acceptors (Lipinski definition) is 4. The number of carbonyl (C=O) groups is 2. The highest BCUT2D eigenvalue weighted by Crippen LogP contribution is 2.34. The van der Waals surface area contributed by atoms with Gasteiger partial charge in [0.15, 0.2) is 0 Å². The number of nitriles is 1. The number of carboxylic acids is 2. The summed E-state index contributed by atoms with van der Waals surface area (Å²) in [5.41, 5.74) is 7.46. The van der Waals surface area contributed by atoms with Gasteiger partial charge in [-0.15, -0.1) is 12.4 Å². The second kappa shape index (κ2) is 9.20. The second-order valence-electron chi connectivity index (χ2n) is 5.45. The van der Waals surface area contributed by atoms with Crippen molar-refractivity contribution in [2.45, 2.75) is 12.3 Å². The van der Waals surface area contributed by atoms with E-state index in [1.54, 1.807) is 18.2 Å². The monoisotopic (exact) mass is 394 g/mol. The summed E-state index contributed by atoms with van der Waals surface area (Å²) in [5, 5.41) is 27.8. The summed E-state index contributed by atoms with van der Waals surface area (Å²) in [6.07, 6.45) is -0.141. The fraction of sp³-hybridized carbons (Fsp3) is 0.167. The first-order valence-electron chi connectivity index (χ1n) is 7.36. The van der Waals surface area contributed by atoms with Gasteiger partial charge >= 0.3 is 11.9 Å². The molecule has 0 aliphatic rings. The first-order valence-corrected chi connectivity index (χ1v) is 7.74. The maximum absolute atomic E-state index is 11.2. The van der Waals surface area contributed by atoms with Gasteiger partial charge in [0, 0.05) is 22.1 Å². The lowest BCUT2D eigenvalue weighted by Crippen LogP contribution is -2.16. The molecule has 0 amide bonds. The van der Waals surface area contributed by atoms with E-state index in [0.29, 0.717) is 21.7 Å². The Bertz CT molecular complexity index is 878. The molecule has 136 valence electrons. The Balaban J connectivity index is 0.00000338. The third-order valence-corrected chi connectivity index (χ3v) is 4.17. The second-order valence-corrected chi connectivity index (χ2v) is 5.85. The van der Waals surface area contributed by atoms with E-state index in [4.69, 9.17) is 22.4 Å². The highest BCUT2D eigenvalue weighted by Gasteiger charge is 2.18. The van der Waals surface area contributed by atoms with Crippen LogP contribution in [0, 0.1) is 11.3 Å². The molecule has 6 nitrogen and oxygen atoms in total. The van der Waals surface area contributed by atoms with Crippen molar-refractivity contribution in [2.75, 3.05) is 6.54 Å². The predicted molar refractivity (Wildman–Crippen MR) is 99.9 cm³/mol. The van der Waals surface area contributed by atoms with E-state index in [2.05, 4.69) is 0 Å². The molecular weight excluding hydrogens is 379 g/mol. The van der Waals surface area contributed by atoms with E-state index in [-0.39, 0.29) is 36.5 Å². The highest BCUT2D eigenvalue weighted by atomic mass is 35.5. The number of nitrogens with zero attached hydrogens (tertiary/aromatic N) is 1. The molecule has 0 saturated carbocycles. The van der Waals surface area contributed by atoms with Crippen molar-refractivity contribution in [1.29, 1.82) is 5.26 Å². The SMILES string of the molecule is Cl.N#Cc1ccc(C(=O)O)cc1-c1cc([C@H](CN)CC(=O)O)ccc1Cl. The molecule has 0 bridgehead atoms. The van der Waals surface area contributed by atoms with Crippen LogP contribution < -0.4 is 5.73 Å². The maximum atomic E-state index is 11.2. The first kappa shape index (κ1) is 21.5. The van der Waals surface area contributed by atoms with Crippen molar-refractivity contribution in [2.24, 2.45) is 5.73 Å². The number of nitrogens with two attached hydrogens (primary N) is 1. The van der Waals surface area contributed by atoms with Crippen LogP contribution in [0.4, 0.5) is 0 Å². The van der Waals surface area contributed by atoms with Gasteiger partial charge in [0.25, 0.3) is 0 Å². The molecule has 26 heavy (non-hydrogen) atoms. The Kier molecular flexibility index (Phi) is 7.59. The van der Waals surface area contributed by atoms with Gasteiger partial charge in [0.2, 0.25) is 0 Å². The summed E-state index contributed by atoms with van der Waals surface area (Å²) in [4.78, 5) is 22.2. The quantitative estimate of drug-likeness (QED) is 0.688. The largest absolute Gasteiger partial charge is 0.481 e. The molecule has 0 aromatic heterocycles. The van der Waals surface area contributed by atoms with Crippen LogP contribution in [0.2, 0.25) is 5.02 Å². The molecule has 0 saturated heterocycles. The number of aromatic carboxylic acids is 1. The molecule has 0 aliphatic carbocycles. The molecule has 8 heteroatoms. The highest BCUT2D eigenvalue weighted by molar-refractivity contribution is 6.33. The van der Waals surface area contributed by atoms with E-state index in [1.165, 1.54) is 18.2 Å². The van der Waals surface area contributed by atoms with E-state index in [1.807, 2.05) is 6.07 Å². The molecule has 0 aliphatic heterocycles. The molecule has 0 heterocycles. The molecule has 2 rings (SSSR count). The van der Waals surface area contributed by atoms with Gasteiger partial charge in [0.1, 0.15) is 0 Å². The first-order chi connectivity index (χ1) is 11.9. The van der Waals surface area contributed by atoms with Crippen molar-refractivity contribution in [1.82, 2.24) is 0 Å². The Morgan fingerprint density at radius 1 is 1.15 bits per heavy atom. The molecule has 1 atom stereocenters. The molecule has 4 N–H and O–H groups in total. The molecule has 0 unspecified atom stereocenters. The van der Waals surface area contributed by atoms with Gasteiger partial charge in [0.05, 0.1) is 23.6 Å². The van der Waals surface area contributed by atoms with Crippen LogP contribution in [-0.2, 0) is 4.79 Å². The van der Waals surface area contributed by atoms with Crippen LogP contribution >= 0.6 is 24.0 Å². The molecule has 0 fully saturated rings. The van der Waals surface area contributed by atoms with Crippen LogP contribution in [0.5, 0.6) is 0 Å². The molecular formula is C18H16Cl2N2O4. The minimum Gasteiger partial charge on any atom is -0.481 e. The zero-order valence-corrected chi connectivity index (χ0v) is 15.0. The Morgan fingerprint density at radius 3 is 2.38 bits per heavy atom. The zero-order valence-electron chi connectivity index (χ0n) is 13.5. The third-order valence-electron chi connectivity index (χ3n) is 3.84. The summed E-state index contributed by atoms with van der Waals surface area (Å²) in [6, 6.07) is 11.1. The molecule has 0 spiro atoms. The van der Waals surface area contributed by atoms with Crippen LogP contribution in [0.1, 0.15) is 33.8 Å². The Morgan fingerprint density at radius 2 is 1.85 bits per heavy atom. The zero-order chi connectivity index (χ0) is 18.6. The van der Waals surface area contributed by atoms with Crippen molar-refractivity contribution >= 4 is 35.9 Å². The lowest BCUT2D eigenvalue weighted by Gasteiger charge is -2.16. The van der Waals surface area contributed by atoms with Crippen LogP contribution in [0.25, 0.3) is 11.1 Å². The maximum Gasteiger partial charge on any atom is 0.335 e. The molecule has 2 aromatic carbocycles. The fourth-order valence-electron chi connectivity index (χ4n) is 2.55. The summed E-state index contributed by atoms with van der Waals surface area (Å²) in [6.45, 7) is 0.133. The average Bonchev–Trinajstić information content (AvgIpc) is 2.59. The lowest BCUT2D eigenvalue weighted by atomic mass is 9.91. The predicted octanol–water partition coefficient (Wildman–Crippen LogP) is 3.52. The molecule has 2 aromatic rings. The van der Waals surface area contributed by atoms with Crippen molar-refractivity contribution in [3.63, 3.8) is 0 Å². The summed E-state index contributed by atoms with van der Waals surface area (Å²) >= 11 is 6.24. The summed E-state index contributed by atoms with van der Waals surface area (Å²) in [5.74, 6) is -2.51. The van der Waals surface area contributed by atoms with E-state index in [9.17, 15) is 20.0 Å². The van der Waals surface area contributed by atoms with Crippen LogP contribution in [-0.4, -0.2) is 28.7 Å². The third kappa shape index (κ3) is 4.73. The van der Waals surface area contributed by atoms with Crippen molar-refractivity contribution in [3.05, 3.63) is 58.1 Å². The number of carboxylic acid groups (broad SMARTS) is 2. The standard InChI is InChI=1S/C18H15ClN2O4.ClH/c19-16-4-3-10(13(9-21)7-17(22)23)5-15(16)14-6-11(18(24)25)1-2-12(14)8-20;/h1-6,13H,7,9,21H2,(H,22,23)(H,24,25);1H/t13-;/m0./s1. The van der Waals surface area contributed by atoms with Gasteiger partial charge in [-0.2, -0.15) is 5.26 Å². The van der Waals surface area contributed by atoms with E-state index < -0.39 is 17.9 Å². The number of aliphatic carboxylic acids is 1. The smallest absolute Gasteiger partial charge is 0.335 e. The summed E-state index contributed by atoms with van der Waals surface area (Å²) in [7, 11) is 0. The number of hydrogen-bond donors (Lipinski definition) is 3. The fourth-order valence-corrected chi connectivity index (χ4v) is 2.77.